The zero-order valence-corrected chi connectivity index (χ0v) is 17.2. The summed E-state index contributed by atoms with van der Waals surface area (Å²) in [6, 6.07) is 11.8. The summed E-state index contributed by atoms with van der Waals surface area (Å²) in [5.74, 6) is 0.588. The van der Waals surface area contributed by atoms with Gasteiger partial charge in [0, 0.05) is 45.0 Å². The molecule has 0 saturated carbocycles. The summed E-state index contributed by atoms with van der Waals surface area (Å²) in [7, 11) is 0. The summed E-state index contributed by atoms with van der Waals surface area (Å²) in [4.78, 5) is 18.8. The average Bonchev–Trinajstić information content (AvgIpc) is 2.73. The number of ether oxygens (including phenoxy) is 2. The number of hydrogen-bond donors (Lipinski definition) is 2. The van der Waals surface area contributed by atoms with Crippen molar-refractivity contribution in [2.24, 2.45) is 0 Å². The first-order chi connectivity index (χ1) is 14.1. The van der Waals surface area contributed by atoms with E-state index < -0.39 is 0 Å². The maximum absolute atomic E-state index is 12.2. The molecule has 156 valence electrons. The number of nitrogens with zero attached hydrogens (tertiary/aromatic N) is 2. The number of carbonyl (C=O) groups excluding carboxylic acids is 1. The Hall–Kier alpha value is -2.64. The van der Waals surface area contributed by atoms with Crippen molar-refractivity contribution in [2.75, 3.05) is 26.3 Å². The molecule has 0 radical (unpaired) electrons. The Kier molecular flexibility index (Phi) is 7.84. The Morgan fingerprint density at radius 2 is 1.83 bits per heavy atom. The Morgan fingerprint density at radius 3 is 2.52 bits per heavy atom. The van der Waals surface area contributed by atoms with Crippen LogP contribution in [0.2, 0.25) is 0 Å². The van der Waals surface area contributed by atoms with E-state index in [9.17, 15) is 4.79 Å². The molecule has 2 aromatic rings. The Morgan fingerprint density at radius 1 is 1.10 bits per heavy atom. The molecule has 3 rings (SSSR count). The van der Waals surface area contributed by atoms with Crippen molar-refractivity contribution in [1.29, 1.82) is 0 Å². The van der Waals surface area contributed by atoms with E-state index in [1.807, 2.05) is 38.1 Å². The number of aromatic nitrogens is 1. The van der Waals surface area contributed by atoms with Gasteiger partial charge in [0.1, 0.15) is 0 Å². The van der Waals surface area contributed by atoms with Gasteiger partial charge in [-0.1, -0.05) is 30.3 Å². The van der Waals surface area contributed by atoms with Crippen molar-refractivity contribution in [3.8, 4) is 5.88 Å². The number of morpholine rings is 1. The summed E-state index contributed by atoms with van der Waals surface area (Å²) in [6.45, 7) is 9.14. The normalized spacial score (nSPS) is 14.6. The second-order valence-corrected chi connectivity index (χ2v) is 7.36. The summed E-state index contributed by atoms with van der Waals surface area (Å²) in [5.41, 5.74) is 3.29. The van der Waals surface area contributed by atoms with E-state index in [0.717, 1.165) is 44.0 Å². The van der Waals surface area contributed by atoms with Crippen LogP contribution >= 0.6 is 0 Å². The molecule has 2 amide bonds. The van der Waals surface area contributed by atoms with Gasteiger partial charge in [0.05, 0.1) is 19.3 Å². The molecular weight excluding hydrogens is 368 g/mol. The summed E-state index contributed by atoms with van der Waals surface area (Å²) < 4.78 is 10.9. The largest absolute Gasteiger partial charge is 0.475 e. The van der Waals surface area contributed by atoms with Gasteiger partial charge in [0.15, 0.2) is 0 Å². The molecule has 7 heteroatoms. The Labute approximate surface area is 172 Å². The number of amides is 2. The molecule has 1 aliphatic rings. The van der Waals surface area contributed by atoms with E-state index in [4.69, 9.17) is 9.47 Å². The van der Waals surface area contributed by atoms with E-state index >= 15 is 0 Å². The first kappa shape index (κ1) is 21.1. The molecule has 29 heavy (non-hydrogen) atoms. The second kappa shape index (κ2) is 10.8. The molecule has 0 atom stereocenters. The van der Waals surface area contributed by atoms with E-state index in [1.54, 1.807) is 6.20 Å². The predicted octanol–water partition coefficient (Wildman–Crippen LogP) is 2.70. The Balaban J connectivity index is 1.45. The van der Waals surface area contributed by atoms with E-state index in [2.05, 4.69) is 32.7 Å². The first-order valence-corrected chi connectivity index (χ1v) is 10.1. The molecule has 2 N–H and O–H groups in total. The molecule has 7 nitrogen and oxygen atoms in total. The molecule has 0 spiro atoms. The minimum Gasteiger partial charge on any atom is -0.475 e. The van der Waals surface area contributed by atoms with Gasteiger partial charge in [-0.25, -0.2) is 9.78 Å². The number of hydrogen-bond acceptors (Lipinski definition) is 5. The predicted molar refractivity (Wildman–Crippen MR) is 112 cm³/mol. The lowest BCUT2D eigenvalue weighted by Crippen LogP contribution is -2.37. The van der Waals surface area contributed by atoms with Crippen LogP contribution in [0, 0.1) is 0 Å². The number of rotatable bonds is 8. The highest BCUT2D eigenvalue weighted by atomic mass is 16.5. The smallest absolute Gasteiger partial charge is 0.315 e. The van der Waals surface area contributed by atoms with Crippen LogP contribution in [0.4, 0.5) is 4.79 Å². The van der Waals surface area contributed by atoms with Crippen LogP contribution in [0.3, 0.4) is 0 Å². The molecular formula is C22H30N4O3. The van der Waals surface area contributed by atoms with E-state index in [1.165, 1.54) is 5.56 Å². The molecule has 1 aromatic carbocycles. The highest BCUT2D eigenvalue weighted by Crippen LogP contribution is 2.13. The summed E-state index contributed by atoms with van der Waals surface area (Å²) >= 11 is 0. The van der Waals surface area contributed by atoms with Gasteiger partial charge in [0.25, 0.3) is 0 Å². The fourth-order valence-electron chi connectivity index (χ4n) is 3.13. The molecule has 2 heterocycles. The van der Waals surface area contributed by atoms with Crippen molar-refractivity contribution in [2.45, 2.75) is 39.6 Å². The monoisotopic (exact) mass is 398 g/mol. The molecule has 0 unspecified atom stereocenters. The quantitative estimate of drug-likeness (QED) is 0.715. The number of pyridine rings is 1. The minimum absolute atomic E-state index is 0.0865. The minimum atomic E-state index is -0.200. The number of urea groups is 1. The third-order valence-corrected chi connectivity index (χ3v) is 4.66. The van der Waals surface area contributed by atoms with Crippen LogP contribution in [-0.4, -0.2) is 48.3 Å². The highest BCUT2D eigenvalue weighted by Gasteiger charge is 2.13. The van der Waals surface area contributed by atoms with E-state index in [0.29, 0.717) is 19.0 Å². The van der Waals surface area contributed by atoms with Gasteiger partial charge in [-0.2, -0.15) is 0 Å². The van der Waals surface area contributed by atoms with Crippen molar-refractivity contribution in [3.05, 3.63) is 59.3 Å². The van der Waals surface area contributed by atoms with Gasteiger partial charge in [-0.15, -0.1) is 0 Å². The zero-order chi connectivity index (χ0) is 20.5. The highest BCUT2D eigenvalue weighted by molar-refractivity contribution is 5.73. The second-order valence-electron chi connectivity index (χ2n) is 7.36. The molecule has 0 aliphatic carbocycles. The van der Waals surface area contributed by atoms with Crippen LogP contribution in [0.5, 0.6) is 5.88 Å². The summed E-state index contributed by atoms with van der Waals surface area (Å²) in [5, 5.41) is 5.82. The van der Waals surface area contributed by atoms with Gasteiger partial charge in [-0.3, -0.25) is 4.90 Å². The summed E-state index contributed by atoms with van der Waals surface area (Å²) in [6.07, 6.45) is 1.80. The van der Waals surface area contributed by atoms with Crippen molar-refractivity contribution < 1.29 is 14.3 Å². The molecule has 1 aliphatic heterocycles. The third-order valence-electron chi connectivity index (χ3n) is 4.66. The van der Waals surface area contributed by atoms with Crippen LogP contribution in [-0.2, 0) is 24.4 Å². The number of benzene rings is 1. The lowest BCUT2D eigenvalue weighted by Gasteiger charge is -2.27. The van der Waals surface area contributed by atoms with Crippen LogP contribution in [0.25, 0.3) is 0 Å². The molecule has 1 aromatic heterocycles. The standard InChI is InChI=1S/C22H30N4O3/c1-17(2)29-21-8-7-18(13-23-21)14-24-22(27)25-15-19-5-3-4-6-20(19)16-26-9-11-28-12-10-26/h3-8,13,17H,9-12,14-16H2,1-2H3,(H2,24,25,27). The number of nitrogens with one attached hydrogen (secondary N) is 2. The van der Waals surface area contributed by atoms with Gasteiger partial charge in [0.2, 0.25) is 5.88 Å². The fraction of sp³-hybridized carbons (Fsp3) is 0.455. The maximum atomic E-state index is 12.2. The third kappa shape index (κ3) is 7.03. The number of carbonyl (C=O) groups is 1. The SMILES string of the molecule is CC(C)Oc1ccc(CNC(=O)NCc2ccccc2CN2CCOCC2)cn1. The fourth-order valence-corrected chi connectivity index (χ4v) is 3.13. The average molecular weight is 399 g/mol. The van der Waals surface area contributed by atoms with Gasteiger partial charge in [-0.05, 0) is 30.5 Å². The maximum Gasteiger partial charge on any atom is 0.315 e. The van der Waals surface area contributed by atoms with Crippen LogP contribution in [0.1, 0.15) is 30.5 Å². The zero-order valence-electron chi connectivity index (χ0n) is 17.2. The van der Waals surface area contributed by atoms with Crippen LogP contribution < -0.4 is 15.4 Å². The topological polar surface area (TPSA) is 75.7 Å². The molecule has 1 fully saturated rings. The van der Waals surface area contributed by atoms with Crippen molar-refractivity contribution in [3.63, 3.8) is 0 Å². The molecule has 1 saturated heterocycles. The molecule has 0 bridgehead atoms. The lowest BCUT2D eigenvalue weighted by molar-refractivity contribution is 0.0341. The first-order valence-electron chi connectivity index (χ1n) is 10.1. The van der Waals surface area contributed by atoms with Crippen molar-refractivity contribution in [1.82, 2.24) is 20.5 Å². The van der Waals surface area contributed by atoms with Gasteiger partial charge >= 0.3 is 6.03 Å². The van der Waals surface area contributed by atoms with Gasteiger partial charge < -0.3 is 20.1 Å². The van der Waals surface area contributed by atoms with E-state index in [-0.39, 0.29) is 12.1 Å². The lowest BCUT2D eigenvalue weighted by atomic mass is 10.1. The Bertz CT molecular complexity index is 774. The van der Waals surface area contributed by atoms with Crippen molar-refractivity contribution >= 4 is 6.03 Å². The van der Waals surface area contributed by atoms with Crippen LogP contribution in [0.15, 0.2) is 42.6 Å².